The minimum atomic E-state index is -0.317. The van der Waals surface area contributed by atoms with Gasteiger partial charge in [-0.1, -0.05) is 41.1 Å². The van der Waals surface area contributed by atoms with Crippen molar-refractivity contribution in [2.45, 2.75) is 25.9 Å². The number of benzene rings is 1. The molecule has 2 amide bonds. The van der Waals surface area contributed by atoms with Crippen LogP contribution in [0.25, 0.3) is 10.3 Å². The van der Waals surface area contributed by atoms with Gasteiger partial charge >= 0.3 is 0 Å². The molecule has 0 unspecified atom stereocenters. The fourth-order valence-corrected chi connectivity index (χ4v) is 4.90. The molecule has 0 bridgehead atoms. The number of anilines is 1. The van der Waals surface area contributed by atoms with Crippen molar-refractivity contribution in [3.63, 3.8) is 0 Å². The van der Waals surface area contributed by atoms with E-state index in [0.29, 0.717) is 27.0 Å². The number of halogens is 1. The summed E-state index contributed by atoms with van der Waals surface area (Å²) >= 11 is 7.35. The van der Waals surface area contributed by atoms with E-state index >= 15 is 0 Å². The third-order valence-corrected chi connectivity index (χ3v) is 6.89. The number of hydrogen-bond donors (Lipinski definition) is 2. The van der Waals surface area contributed by atoms with Gasteiger partial charge in [-0.05, 0) is 24.5 Å². The van der Waals surface area contributed by atoms with E-state index in [-0.39, 0.29) is 36.4 Å². The molecule has 168 valence electrons. The van der Waals surface area contributed by atoms with Crippen LogP contribution < -0.4 is 21.1 Å². The molecule has 1 aliphatic rings. The molecule has 11 heteroatoms. The predicted molar refractivity (Wildman–Crippen MR) is 124 cm³/mol. The van der Waals surface area contributed by atoms with Gasteiger partial charge in [0.2, 0.25) is 11.8 Å². The molecular formula is C21H23ClN6O3S. The lowest BCUT2D eigenvalue weighted by molar-refractivity contribution is -0.124. The molecule has 4 rings (SSSR count). The van der Waals surface area contributed by atoms with Crippen molar-refractivity contribution in [2.24, 2.45) is 5.92 Å². The molecule has 1 saturated heterocycles. The zero-order chi connectivity index (χ0) is 22.7. The van der Waals surface area contributed by atoms with Crippen molar-refractivity contribution < 1.29 is 9.59 Å². The SMILES string of the molecule is CNC(=O)[C@@H]1CCCN(c2nc3ncn(CC(=O)NCc4ccccc4Cl)c(=O)c3s2)C1. The molecule has 1 fully saturated rings. The maximum atomic E-state index is 12.9. The van der Waals surface area contributed by atoms with Gasteiger partial charge in [0.05, 0.1) is 5.92 Å². The van der Waals surface area contributed by atoms with Gasteiger partial charge < -0.3 is 15.5 Å². The van der Waals surface area contributed by atoms with Crippen LogP contribution in [0.15, 0.2) is 35.4 Å². The molecule has 3 heterocycles. The van der Waals surface area contributed by atoms with Gasteiger partial charge in [-0.25, -0.2) is 4.98 Å². The second-order valence-electron chi connectivity index (χ2n) is 7.59. The molecule has 2 aromatic heterocycles. The van der Waals surface area contributed by atoms with E-state index in [2.05, 4.69) is 20.6 Å². The molecule has 0 aliphatic carbocycles. The van der Waals surface area contributed by atoms with Gasteiger partial charge in [0, 0.05) is 31.7 Å². The average molecular weight is 475 g/mol. The van der Waals surface area contributed by atoms with Crippen LogP contribution in [0.4, 0.5) is 5.13 Å². The highest BCUT2D eigenvalue weighted by molar-refractivity contribution is 7.22. The van der Waals surface area contributed by atoms with E-state index in [0.717, 1.165) is 24.9 Å². The smallest absolute Gasteiger partial charge is 0.273 e. The minimum absolute atomic E-state index is 0.0131. The first kappa shape index (κ1) is 22.2. The number of piperidine rings is 1. The molecule has 3 aromatic rings. The van der Waals surface area contributed by atoms with E-state index in [4.69, 9.17) is 11.6 Å². The van der Waals surface area contributed by atoms with Crippen molar-refractivity contribution in [3.05, 3.63) is 51.5 Å². The Kier molecular flexibility index (Phi) is 6.71. The molecule has 9 nitrogen and oxygen atoms in total. The van der Waals surface area contributed by atoms with Crippen LogP contribution in [0.1, 0.15) is 18.4 Å². The van der Waals surface area contributed by atoms with Crippen LogP contribution in [0.5, 0.6) is 0 Å². The van der Waals surface area contributed by atoms with Crippen LogP contribution in [-0.4, -0.2) is 46.5 Å². The summed E-state index contributed by atoms with van der Waals surface area (Å²) in [5.74, 6) is -0.409. The lowest BCUT2D eigenvalue weighted by atomic mass is 9.98. The van der Waals surface area contributed by atoms with E-state index < -0.39 is 0 Å². The van der Waals surface area contributed by atoms with Crippen molar-refractivity contribution >= 4 is 50.2 Å². The number of carbonyl (C=O) groups is 2. The monoisotopic (exact) mass is 474 g/mol. The highest BCUT2D eigenvalue weighted by Gasteiger charge is 2.27. The topological polar surface area (TPSA) is 109 Å². The first-order valence-corrected chi connectivity index (χ1v) is 11.5. The standard InChI is InChI=1S/C21H23ClN6O3S/c1-23-19(30)14-6-4-8-27(10-14)21-26-18-17(32-21)20(31)28(12-25-18)11-16(29)24-9-13-5-2-3-7-15(13)22/h2-3,5,7,12,14H,4,6,8-11H2,1H3,(H,23,30)(H,24,29)/t14-/m1/s1. The summed E-state index contributed by atoms with van der Waals surface area (Å²) < 4.78 is 1.67. The van der Waals surface area contributed by atoms with Gasteiger partial charge in [-0.3, -0.25) is 19.0 Å². The molecular weight excluding hydrogens is 452 g/mol. The Labute approximate surface area is 193 Å². The van der Waals surface area contributed by atoms with Crippen molar-refractivity contribution in [1.82, 2.24) is 25.2 Å². The quantitative estimate of drug-likeness (QED) is 0.563. The largest absolute Gasteiger partial charge is 0.359 e. The number of fused-ring (bicyclic) bond motifs is 1. The molecule has 32 heavy (non-hydrogen) atoms. The van der Waals surface area contributed by atoms with Crippen LogP contribution in [0, 0.1) is 5.92 Å². The Morgan fingerprint density at radius 2 is 2.12 bits per heavy atom. The van der Waals surface area contributed by atoms with Gasteiger partial charge in [0.15, 0.2) is 10.8 Å². The number of aromatic nitrogens is 3. The van der Waals surface area contributed by atoms with E-state index in [1.165, 1.54) is 22.2 Å². The third-order valence-electron chi connectivity index (χ3n) is 5.43. The van der Waals surface area contributed by atoms with Crippen LogP contribution in [-0.2, 0) is 22.7 Å². The summed E-state index contributed by atoms with van der Waals surface area (Å²) in [5, 5.41) is 6.71. The molecule has 0 saturated carbocycles. The van der Waals surface area contributed by atoms with Crippen LogP contribution in [0.3, 0.4) is 0 Å². The summed E-state index contributed by atoms with van der Waals surface area (Å²) in [6, 6.07) is 7.25. The molecule has 0 spiro atoms. The number of hydrogen-bond acceptors (Lipinski definition) is 7. The van der Waals surface area contributed by atoms with E-state index in [1.54, 1.807) is 13.1 Å². The fraction of sp³-hybridized carbons (Fsp3) is 0.381. The first-order valence-electron chi connectivity index (χ1n) is 10.3. The van der Waals surface area contributed by atoms with Gasteiger partial charge in [0.1, 0.15) is 17.6 Å². The number of carbonyl (C=O) groups excluding carboxylic acids is 2. The Hall–Kier alpha value is -2.98. The number of nitrogens with zero attached hydrogens (tertiary/aromatic N) is 4. The summed E-state index contributed by atoms with van der Waals surface area (Å²) in [5.41, 5.74) is 0.837. The molecule has 1 atom stereocenters. The number of rotatable bonds is 6. The zero-order valence-electron chi connectivity index (χ0n) is 17.5. The molecule has 1 aliphatic heterocycles. The van der Waals surface area contributed by atoms with Crippen molar-refractivity contribution in [2.75, 3.05) is 25.0 Å². The van der Waals surface area contributed by atoms with E-state index in [9.17, 15) is 14.4 Å². The Morgan fingerprint density at radius 3 is 2.91 bits per heavy atom. The highest BCUT2D eigenvalue weighted by atomic mass is 35.5. The van der Waals surface area contributed by atoms with Crippen LogP contribution in [0.2, 0.25) is 5.02 Å². The number of amides is 2. The number of nitrogens with one attached hydrogen (secondary N) is 2. The lowest BCUT2D eigenvalue weighted by Gasteiger charge is -2.31. The lowest BCUT2D eigenvalue weighted by Crippen LogP contribution is -2.42. The second-order valence-corrected chi connectivity index (χ2v) is 8.98. The Balaban J connectivity index is 1.47. The second kappa shape index (κ2) is 9.66. The third kappa shape index (κ3) is 4.76. The predicted octanol–water partition coefficient (Wildman–Crippen LogP) is 1.79. The fourth-order valence-electron chi connectivity index (χ4n) is 3.70. The van der Waals surface area contributed by atoms with Gasteiger partial charge in [-0.15, -0.1) is 0 Å². The summed E-state index contributed by atoms with van der Waals surface area (Å²) in [4.78, 5) is 48.1. The average Bonchev–Trinajstić information content (AvgIpc) is 3.25. The van der Waals surface area contributed by atoms with E-state index in [1.807, 2.05) is 23.1 Å². The maximum absolute atomic E-state index is 12.9. The Morgan fingerprint density at radius 1 is 1.31 bits per heavy atom. The highest BCUT2D eigenvalue weighted by Crippen LogP contribution is 2.29. The van der Waals surface area contributed by atoms with Gasteiger partial charge in [-0.2, -0.15) is 4.98 Å². The van der Waals surface area contributed by atoms with Gasteiger partial charge in [0.25, 0.3) is 5.56 Å². The summed E-state index contributed by atoms with van der Waals surface area (Å²) in [7, 11) is 1.63. The molecule has 1 aromatic carbocycles. The van der Waals surface area contributed by atoms with Crippen molar-refractivity contribution in [1.29, 1.82) is 0 Å². The zero-order valence-corrected chi connectivity index (χ0v) is 19.1. The maximum Gasteiger partial charge on any atom is 0.273 e. The Bertz CT molecular complexity index is 1210. The molecule has 0 radical (unpaired) electrons. The molecule has 2 N–H and O–H groups in total. The first-order chi connectivity index (χ1) is 15.5. The summed E-state index contributed by atoms with van der Waals surface area (Å²) in [6.45, 7) is 1.45. The number of thiazole rings is 1. The normalized spacial score (nSPS) is 16.2. The summed E-state index contributed by atoms with van der Waals surface area (Å²) in [6.07, 6.45) is 3.04. The van der Waals surface area contributed by atoms with Crippen LogP contribution >= 0.6 is 22.9 Å². The minimum Gasteiger partial charge on any atom is -0.359 e. The van der Waals surface area contributed by atoms with Crippen molar-refractivity contribution in [3.8, 4) is 0 Å².